The zero-order chi connectivity index (χ0) is 12.1. The van der Waals surface area contributed by atoms with E-state index in [0.29, 0.717) is 17.2 Å². The van der Waals surface area contributed by atoms with Crippen LogP contribution in [0.15, 0.2) is 12.3 Å². The molecule has 0 saturated heterocycles. The lowest BCUT2D eigenvalue weighted by Crippen LogP contribution is -2.23. The van der Waals surface area contributed by atoms with E-state index >= 15 is 0 Å². The van der Waals surface area contributed by atoms with Crippen molar-refractivity contribution < 1.29 is 15.0 Å². The van der Waals surface area contributed by atoms with Gasteiger partial charge in [-0.1, -0.05) is 0 Å². The number of nitrogens with one attached hydrogen (secondary N) is 1. The molecule has 0 saturated carbocycles. The fourth-order valence-corrected chi connectivity index (χ4v) is 1.10. The summed E-state index contributed by atoms with van der Waals surface area (Å²) in [5.41, 5.74) is 11.9. The minimum Gasteiger partial charge on any atom is -0.479 e. The second-order valence-corrected chi connectivity index (χ2v) is 3.28. The maximum Gasteiger partial charge on any atom is 0.332 e. The van der Waals surface area contributed by atoms with Crippen LogP contribution in [-0.4, -0.2) is 33.8 Å². The number of nitrogen functional groups attached to an aromatic ring is 2. The Labute approximate surface area is 92.1 Å². The zero-order valence-corrected chi connectivity index (χ0v) is 8.55. The van der Waals surface area contributed by atoms with Gasteiger partial charge in [-0.05, 0) is 6.07 Å². The first-order valence-corrected chi connectivity index (χ1v) is 4.66. The highest BCUT2D eigenvalue weighted by atomic mass is 16.4. The van der Waals surface area contributed by atoms with Crippen molar-refractivity contribution >= 4 is 23.2 Å². The maximum absolute atomic E-state index is 10.3. The predicted molar refractivity (Wildman–Crippen MR) is 59.8 cm³/mol. The molecule has 0 aromatic carbocycles. The number of nitrogens with two attached hydrogens (primary N) is 2. The SMILES string of the molecule is Nc1cnc(NCCC(O)C(=O)O)c(N)c1. The highest BCUT2D eigenvalue weighted by Crippen LogP contribution is 2.17. The molecule has 1 unspecified atom stereocenters. The van der Waals surface area contributed by atoms with Crippen LogP contribution in [0.1, 0.15) is 6.42 Å². The molecule has 0 spiro atoms. The van der Waals surface area contributed by atoms with E-state index in [1.54, 1.807) is 6.07 Å². The van der Waals surface area contributed by atoms with Crippen LogP contribution in [0.2, 0.25) is 0 Å². The number of hydrogen-bond acceptors (Lipinski definition) is 6. The average Bonchev–Trinajstić information content (AvgIpc) is 2.20. The quantitative estimate of drug-likeness (QED) is 0.456. The average molecular weight is 226 g/mol. The topological polar surface area (TPSA) is 134 Å². The molecule has 1 rings (SSSR count). The Morgan fingerprint density at radius 1 is 1.56 bits per heavy atom. The van der Waals surface area contributed by atoms with Crippen molar-refractivity contribution in [1.29, 1.82) is 0 Å². The first-order valence-electron chi connectivity index (χ1n) is 4.66. The van der Waals surface area contributed by atoms with E-state index in [-0.39, 0.29) is 13.0 Å². The molecule has 88 valence electrons. The number of carboxylic acid groups (broad SMARTS) is 1. The Morgan fingerprint density at radius 3 is 2.81 bits per heavy atom. The molecule has 1 atom stereocenters. The summed E-state index contributed by atoms with van der Waals surface area (Å²) in [7, 11) is 0. The van der Waals surface area contributed by atoms with Crippen molar-refractivity contribution in [3.05, 3.63) is 12.3 Å². The van der Waals surface area contributed by atoms with Gasteiger partial charge in [0.05, 0.1) is 17.6 Å². The van der Waals surface area contributed by atoms with Gasteiger partial charge in [0, 0.05) is 13.0 Å². The first-order chi connectivity index (χ1) is 7.50. The normalized spacial score (nSPS) is 12.1. The highest BCUT2D eigenvalue weighted by molar-refractivity contribution is 5.72. The molecule has 0 aliphatic carbocycles. The van der Waals surface area contributed by atoms with Crippen LogP contribution in [0.4, 0.5) is 17.2 Å². The lowest BCUT2D eigenvalue weighted by molar-refractivity contribution is -0.146. The van der Waals surface area contributed by atoms with Crippen molar-refractivity contribution in [2.75, 3.05) is 23.3 Å². The van der Waals surface area contributed by atoms with Crippen LogP contribution in [0.25, 0.3) is 0 Å². The number of aliphatic hydroxyl groups is 1. The molecule has 0 aliphatic rings. The van der Waals surface area contributed by atoms with Gasteiger partial charge in [0.15, 0.2) is 6.10 Å². The van der Waals surface area contributed by atoms with E-state index in [1.165, 1.54) is 6.20 Å². The van der Waals surface area contributed by atoms with Gasteiger partial charge in [0.2, 0.25) is 0 Å². The fourth-order valence-electron chi connectivity index (χ4n) is 1.10. The minimum atomic E-state index is -1.39. The van der Waals surface area contributed by atoms with Gasteiger partial charge in [-0.2, -0.15) is 0 Å². The minimum absolute atomic E-state index is 0.0703. The van der Waals surface area contributed by atoms with E-state index in [9.17, 15) is 4.79 Å². The number of rotatable bonds is 5. The van der Waals surface area contributed by atoms with E-state index in [2.05, 4.69) is 10.3 Å². The first kappa shape index (κ1) is 12.1. The van der Waals surface area contributed by atoms with Gasteiger partial charge in [-0.15, -0.1) is 0 Å². The van der Waals surface area contributed by atoms with Crippen molar-refractivity contribution in [2.45, 2.75) is 12.5 Å². The van der Waals surface area contributed by atoms with Gasteiger partial charge < -0.3 is 27.0 Å². The Hall–Kier alpha value is -2.02. The molecular formula is C9H14N4O3. The Bertz CT molecular complexity index is 383. The summed E-state index contributed by atoms with van der Waals surface area (Å²) in [5.74, 6) is -0.827. The molecule has 7 N–H and O–H groups in total. The van der Waals surface area contributed by atoms with Crippen LogP contribution < -0.4 is 16.8 Å². The number of nitrogens with zero attached hydrogens (tertiary/aromatic N) is 1. The van der Waals surface area contributed by atoms with E-state index in [4.69, 9.17) is 21.7 Å². The molecule has 0 fully saturated rings. The zero-order valence-electron chi connectivity index (χ0n) is 8.55. The molecule has 0 radical (unpaired) electrons. The fraction of sp³-hybridized carbons (Fsp3) is 0.333. The van der Waals surface area contributed by atoms with Crippen molar-refractivity contribution in [3.8, 4) is 0 Å². The summed E-state index contributed by atoms with van der Waals surface area (Å²) in [4.78, 5) is 14.2. The van der Waals surface area contributed by atoms with Crippen LogP contribution in [0, 0.1) is 0 Å². The third-order valence-corrected chi connectivity index (χ3v) is 1.93. The van der Waals surface area contributed by atoms with Crippen molar-refractivity contribution in [1.82, 2.24) is 4.98 Å². The summed E-state index contributed by atoms with van der Waals surface area (Å²) in [6, 6.07) is 1.54. The second kappa shape index (κ2) is 5.17. The number of aliphatic hydroxyl groups excluding tert-OH is 1. The number of anilines is 3. The molecule has 0 amide bonds. The molecule has 16 heavy (non-hydrogen) atoms. The number of aliphatic carboxylic acids is 1. The maximum atomic E-state index is 10.3. The number of pyridine rings is 1. The van der Waals surface area contributed by atoms with E-state index < -0.39 is 12.1 Å². The lowest BCUT2D eigenvalue weighted by atomic mass is 10.2. The summed E-state index contributed by atoms with van der Waals surface area (Å²) >= 11 is 0. The van der Waals surface area contributed by atoms with Gasteiger partial charge in [0.1, 0.15) is 5.82 Å². The van der Waals surface area contributed by atoms with Crippen LogP contribution >= 0.6 is 0 Å². The monoisotopic (exact) mass is 226 g/mol. The predicted octanol–water partition coefficient (Wildman–Crippen LogP) is -0.507. The second-order valence-electron chi connectivity index (χ2n) is 3.28. The van der Waals surface area contributed by atoms with Gasteiger partial charge in [-0.3, -0.25) is 0 Å². The summed E-state index contributed by atoms with van der Waals surface area (Å²) < 4.78 is 0. The van der Waals surface area contributed by atoms with Crippen LogP contribution in [0.3, 0.4) is 0 Å². The van der Waals surface area contributed by atoms with Crippen LogP contribution in [-0.2, 0) is 4.79 Å². The number of aromatic nitrogens is 1. The van der Waals surface area contributed by atoms with Gasteiger partial charge >= 0.3 is 5.97 Å². The molecular weight excluding hydrogens is 212 g/mol. The highest BCUT2D eigenvalue weighted by Gasteiger charge is 2.12. The Kier molecular flexibility index (Phi) is 3.90. The van der Waals surface area contributed by atoms with E-state index in [0.717, 1.165) is 0 Å². The summed E-state index contributed by atoms with van der Waals surface area (Å²) in [6.07, 6.45) is 0.121. The van der Waals surface area contributed by atoms with E-state index in [1.807, 2.05) is 0 Å². The molecule has 7 heteroatoms. The van der Waals surface area contributed by atoms with Crippen molar-refractivity contribution in [3.63, 3.8) is 0 Å². The Morgan fingerprint density at radius 2 is 2.25 bits per heavy atom. The molecule has 7 nitrogen and oxygen atoms in total. The third-order valence-electron chi connectivity index (χ3n) is 1.93. The van der Waals surface area contributed by atoms with Gasteiger partial charge in [0.25, 0.3) is 0 Å². The lowest BCUT2D eigenvalue weighted by Gasteiger charge is -2.09. The Balaban J connectivity index is 2.46. The standard InChI is InChI=1S/C9H14N4O3/c10-5-3-6(11)8(13-4-5)12-2-1-7(14)9(15)16/h3-4,7,14H,1-2,10-11H2,(H,12,13)(H,15,16). The molecule has 0 bridgehead atoms. The number of hydrogen-bond donors (Lipinski definition) is 5. The molecule has 1 heterocycles. The number of carboxylic acids is 1. The summed E-state index contributed by atoms with van der Waals surface area (Å²) in [5, 5.41) is 20.3. The molecule has 1 aromatic rings. The van der Waals surface area contributed by atoms with Crippen molar-refractivity contribution in [2.24, 2.45) is 0 Å². The largest absolute Gasteiger partial charge is 0.479 e. The smallest absolute Gasteiger partial charge is 0.332 e. The third kappa shape index (κ3) is 3.28. The van der Waals surface area contributed by atoms with Gasteiger partial charge in [-0.25, -0.2) is 9.78 Å². The number of carbonyl (C=O) groups is 1. The summed E-state index contributed by atoms with van der Waals surface area (Å²) in [6.45, 7) is 0.259. The molecule has 1 aromatic heterocycles. The molecule has 0 aliphatic heterocycles. The van der Waals surface area contributed by atoms with Crippen LogP contribution in [0.5, 0.6) is 0 Å².